The maximum absolute atomic E-state index is 14.5. The van der Waals surface area contributed by atoms with E-state index in [9.17, 15) is 48.3 Å². The van der Waals surface area contributed by atoms with Gasteiger partial charge >= 0.3 is 12.1 Å². The van der Waals surface area contributed by atoms with Crippen LogP contribution >= 0.6 is 23.4 Å². The zero-order valence-corrected chi connectivity index (χ0v) is 51.8. The fourth-order valence-corrected chi connectivity index (χ4v) is 12.0. The number of likely N-dealkylation sites (N-methyl/N-ethyl adjacent to an activating group) is 1. The fourth-order valence-electron chi connectivity index (χ4n) is 10.2. The summed E-state index contributed by atoms with van der Waals surface area (Å²) in [5.74, 6) is -4.28. The minimum atomic E-state index is -1.90. The number of methoxy groups -OCH3 is 2. The van der Waals surface area contributed by atoms with Crippen molar-refractivity contribution >= 4 is 88.2 Å². The number of hydrogen-bond acceptors (Lipinski definition) is 19. The van der Waals surface area contributed by atoms with Crippen LogP contribution in [0.1, 0.15) is 88.8 Å². The van der Waals surface area contributed by atoms with Crippen molar-refractivity contribution in [2.45, 2.75) is 132 Å². The van der Waals surface area contributed by atoms with E-state index >= 15 is 0 Å². The van der Waals surface area contributed by atoms with Crippen molar-refractivity contribution in [2.24, 2.45) is 5.92 Å². The molecule has 86 heavy (non-hydrogen) atoms. The highest BCUT2D eigenvalue weighted by Gasteiger charge is 2.64. The van der Waals surface area contributed by atoms with E-state index < -0.39 is 112 Å². The monoisotopic (exact) mass is 1240 g/mol. The highest BCUT2D eigenvalue weighted by Crippen LogP contribution is 2.49. The van der Waals surface area contributed by atoms with Crippen LogP contribution in [0.15, 0.2) is 73.4 Å². The molecule has 4 aliphatic heterocycles. The predicted octanol–water partition coefficient (Wildman–Crippen LogP) is 4.82. The van der Waals surface area contributed by atoms with Crippen molar-refractivity contribution < 1.29 is 81.4 Å². The molecule has 1 aromatic heterocycles. The lowest BCUT2D eigenvalue weighted by Gasteiger charge is -2.42. The number of nitrogens with zero attached hydrogens (tertiary/aromatic N) is 4. The van der Waals surface area contributed by atoms with Gasteiger partial charge in [0.2, 0.25) is 29.5 Å². The summed E-state index contributed by atoms with van der Waals surface area (Å²) >= 11 is 8.01. The molecule has 6 rings (SSSR count). The normalized spacial score (nSPS) is 25.5. The summed E-state index contributed by atoms with van der Waals surface area (Å²) in [6.07, 6.45) is 1.97. The second-order valence-corrected chi connectivity index (χ2v) is 24.6. The molecule has 26 heteroatoms. The zero-order valence-electron chi connectivity index (χ0n) is 50.2. The molecule has 3 saturated heterocycles. The van der Waals surface area contributed by atoms with Crippen molar-refractivity contribution in [3.63, 3.8) is 0 Å². The standard InChI is InChI=1S/C60H78ClN7O17S/c1-13-40(69)29-39-27-38(28-47(63-39)64-48(70)14-2)54(74)62-18-20-81-22-23-82-21-19-68-50(72)30-44(55(68)75)86-58(6,7)33-51(73)66(9)36(5)56(76)84-46-31-49(71)67(10)41-25-37(26-42(79-11)52(41)61)24-34(3)16-15-17-45(80-12)60(78)32-43(83-57(77)65-60)35(4)53-59(46,8)85-53/h13-17,25-28,35-36,43-46,53,78H,1-2,18-24,29-33H2,3-12H3,(H,62,74)(H,65,77)(H,63,64,70)/b17-15+,34-16+/t35-,36+,43+,44?,45-,46+,53+,59+,60+/m1/s1. The molecule has 9 atom stereocenters. The molecule has 4 aliphatic rings. The number of carbonyl (C=O) groups is 9. The van der Waals surface area contributed by atoms with Crippen LogP contribution in [0, 0.1) is 5.92 Å². The third-order valence-electron chi connectivity index (χ3n) is 15.3. The number of likely N-dealkylation sites (tertiary alicyclic amines) is 1. The average molecular weight is 1240 g/mol. The topological polar surface area (TPSA) is 300 Å². The van der Waals surface area contributed by atoms with Gasteiger partial charge in [-0.25, -0.2) is 14.6 Å². The zero-order chi connectivity index (χ0) is 63.4. The Bertz CT molecular complexity index is 2970. The number of rotatable bonds is 24. The maximum Gasteiger partial charge on any atom is 0.409 e. The van der Waals surface area contributed by atoms with Crippen molar-refractivity contribution in [1.29, 1.82) is 0 Å². The van der Waals surface area contributed by atoms with E-state index in [-0.39, 0.29) is 93.1 Å². The number of alkyl carbamates (subject to hydrolysis) is 1. The number of hydrogen-bond donors (Lipinski definition) is 4. The molecule has 2 aromatic rings. The van der Waals surface area contributed by atoms with Gasteiger partial charge in [-0.2, -0.15) is 0 Å². The lowest BCUT2D eigenvalue weighted by atomic mass is 9.83. The number of nitrogens with one attached hydrogen (secondary N) is 3. The van der Waals surface area contributed by atoms with Gasteiger partial charge in [0, 0.05) is 63.2 Å². The van der Waals surface area contributed by atoms with Crippen molar-refractivity contribution in [1.82, 2.24) is 25.4 Å². The summed E-state index contributed by atoms with van der Waals surface area (Å²) in [6.45, 7) is 17.6. The van der Waals surface area contributed by atoms with E-state index in [1.807, 2.05) is 13.0 Å². The molecule has 3 fully saturated rings. The number of aliphatic hydroxyl groups is 1. The molecule has 0 saturated carbocycles. The van der Waals surface area contributed by atoms with Crippen LogP contribution in [0.25, 0.3) is 0 Å². The van der Waals surface area contributed by atoms with E-state index in [1.165, 1.54) is 68.9 Å². The predicted molar refractivity (Wildman–Crippen MR) is 318 cm³/mol. The molecule has 1 unspecified atom stereocenters. The van der Waals surface area contributed by atoms with Gasteiger partial charge in [0.05, 0.1) is 75.7 Å². The van der Waals surface area contributed by atoms with Gasteiger partial charge in [-0.3, -0.25) is 43.8 Å². The van der Waals surface area contributed by atoms with Gasteiger partial charge in [-0.05, 0) is 69.2 Å². The Morgan fingerprint density at radius 1 is 1.03 bits per heavy atom. The number of anilines is 2. The van der Waals surface area contributed by atoms with E-state index in [4.69, 9.17) is 44.8 Å². The van der Waals surface area contributed by atoms with Crippen molar-refractivity contribution in [2.75, 3.05) is 78.0 Å². The first-order valence-corrected chi connectivity index (χ1v) is 29.2. The van der Waals surface area contributed by atoms with Crippen molar-refractivity contribution in [3.8, 4) is 5.75 Å². The van der Waals surface area contributed by atoms with Gasteiger partial charge in [0.15, 0.2) is 11.5 Å². The number of halogens is 1. The summed E-state index contributed by atoms with van der Waals surface area (Å²) in [4.78, 5) is 127. The molecule has 24 nitrogen and oxygen atoms in total. The number of carbonyl (C=O) groups excluding carboxylic acids is 9. The molecule has 0 spiro atoms. The number of ketones is 1. The number of thioether (sulfide) groups is 1. The first-order chi connectivity index (χ1) is 40.6. The first-order valence-electron chi connectivity index (χ1n) is 28.0. The number of allylic oxidation sites excluding steroid dienone is 4. The summed E-state index contributed by atoms with van der Waals surface area (Å²) in [5.41, 5.74) is -0.874. The highest BCUT2D eigenvalue weighted by molar-refractivity contribution is 8.02. The van der Waals surface area contributed by atoms with E-state index in [2.05, 4.69) is 34.1 Å². The number of aromatic nitrogens is 1. The second-order valence-electron chi connectivity index (χ2n) is 22.3. The summed E-state index contributed by atoms with van der Waals surface area (Å²) in [7, 11) is 5.83. The van der Waals surface area contributed by atoms with Gasteiger partial charge in [0.25, 0.3) is 5.91 Å². The summed E-state index contributed by atoms with van der Waals surface area (Å²) < 4.78 is 39.8. The quantitative estimate of drug-likeness (QED) is 0.0360. The number of pyridine rings is 1. The third kappa shape index (κ3) is 17.4. The van der Waals surface area contributed by atoms with Crippen LogP contribution in [0.5, 0.6) is 5.75 Å². The van der Waals surface area contributed by atoms with E-state index in [0.29, 0.717) is 17.9 Å². The molecule has 7 amide bonds. The maximum atomic E-state index is 14.5. The average Bonchev–Trinajstić information content (AvgIpc) is 2.01. The number of benzene rings is 1. The first kappa shape index (κ1) is 68.1. The number of imide groups is 1. The lowest BCUT2D eigenvalue weighted by molar-refractivity contribution is -0.162. The van der Waals surface area contributed by atoms with Gasteiger partial charge < -0.3 is 58.7 Å². The SMILES string of the molecule is C=CC(=O)Cc1cc(C(=O)NCCOCCOCCN2C(=O)CC(SC(C)(C)CC(=O)N(C)[C@@H](C)C(=O)O[C@H]3CC(=O)N(C)c4cc(cc(OC)c4Cl)C/C(C)=C/C=C/[C@@H](OC)[C@@]4(O)C[C@H](OC(=O)N4)[C@@H](C)[C@@H]4O[C@@]34C)C2=O)cc(NC(=O)C=C)n1. The molecular weight excluding hydrogens is 1160 g/mol. The number of epoxide rings is 1. The molecule has 468 valence electrons. The molecule has 0 radical (unpaired) electrons. The summed E-state index contributed by atoms with van der Waals surface area (Å²) in [5, 5.41) is 19.0. The molecule has 1 aromatic carbocycles. The number of ether oxygens (including phenoxy) is 7. The Labute approximate surface area is 509 Å². The summed E-state index contributed by atoms with van der Waals surface area (Å²) in [6, 6.07) is 5.11. The van der Waals surface area contributed by atoms with Crippen LogP contribution < -0.4 is 25.6 Å². The largest absolute Gasteiger partial charge is 0.495 e. The molecule has 0 aliphatic carbocycles. The van der Waals surface area contributed by atoms with Crippen LogP contribution in [0.2, 0.25) is 5.02 Å². The third-order valence-corrected chi connectivity index (χ3v) is 17.1. The van der Waals surface area contributed by atoms with Crippen LogP contribution in [0.4, 0.5) is 16.3 Å². The molecule has 5 heterocycles. The van der Waals surface area contributed by atoms with Gasteiger partial charge in [-0.1, -0.05) is 69.3 Å². The van der Waals surface area contributed by atoms with Gasteiger partial charge in [-0.15, -0.1) is 11.8 Å². The number of fused-ring (bicyclic) bond motifs is 5. The van der Waals surface area contributed by atoms with E-state index in [0.717, 1.165) is 28.2 Å². The lowest BCUT2D eigenvalue weighted by Crippen LogP contribution is -2.63. The minimum absolute atomic E-state index is 0.0185. The van der Waals surface area contributed by atoms with Crippen LogP contribution in [-0.2, 0) is 74.8 Å². The Hall–Kier alpha value is -7.00. The minimum Gasteiger partial charge on any atom is -0.495 e. The fraction of sp³-hybridized carbons (Fsp3) is 0.533. The molecule has 4 bridgehead atoms. The molecule has 4 N–H and O–H groups in total. The Morgan fingerprint density at radius 2 is 1.74 bits per heavy atom. The Morgan fingerprint density at radius 3 is 2.42 bits per heavy atom. The number of amides is 7. The van der Waals surface area contributed by atoms with Gasteiger partial charge in [0.1, 0.15) is 46.5 Å². The Kier molecular flexibility index (Phi) is 23.4. The van der Waals surface area contributed by atoms with Crippen molar-refractivity contribution in [3.05, 3.63) is 95.2 Å². The van der Waals surface area contributed by atoms with E-state index in [1.54, 1.807) is 52.0 Å². The second kappa shape index (κ2) is 29.6. The Balaban J connectivity index is 1.03. The van der Waals surface area contributed by atoms with Crippen LogP contribution in [0.3, 0.4) is 0 Å². The highest BCUT2D eigenvalue weighted by atomic mass is 35.5. The number of esters is 1. The smallest absolute Gasteiger partial charge is 0.409 e. The molecular formula is C60H78ClN7O17S. The van der Waals surface area contributed by atoms with Crippen LogP contribution in [-0.4, -0.2) is 193 Å².